The lowest BCUT2D eigenvalue weighted by molar-refractivity contribution is 0.0819. The van der Waals surface area contributed by atoms with Gasteiger partial charge in [-0.1, -0.05) is 6.42 Å². The van der Waals surface area contributed by atoms with Crippen molar-refractivity contribution in [2.45, 2.75) is 45.3 Å². The Morgan fingerprint density at radius 2 is 2.12 bits per heavy atom. The van der Waals surface area contributed by atoms with E-state index in [1.807, 2.05) is 18.7 Å². The number of hydrogen-bond acceptors (Lipinski definition) is 3. The maximum Gasteiger partial charge on any atom is 0.410 e. The average Bonchev–Trinajstić information content (AvgIpc) is 2.61. The van der Waals surface area contributed by atoms with E-state index in [1.165, 1.54) is 12.8 Å². The van der Waals surface area contributed by atoms with Gasteiger partial charge in [0.05, 0.1) is 6.10 Å². The fourth-order valence-corrected chi connectivity index (χ4v) is 2.94. The van der Waals surface area contributed by atoms with Gasteiger partial charge in [-0.15, -0.1) is 0 Å². The monoisotopic (exact) mass is 226 g/mol. The van der Waals surface area contributed by atoms with Crippen LogP contribution in [-0.4, -0.2) is 36.2 Å². The van der Waals surface area contributed by atoms with Crippen LogP contribution >= 0.6 is 0 Å². The molecule has 16 heavy (non-hydrogen) atoms. The smallest absolute Gasteiger partial charge is 0.410 e. The molecule has 1 aliphatic heterocycles. The number of nitrogens with zero attached hydrogens (tertiary/aromatic N) is 1. The maximum absolute atomic E-state index is 11.8. The second-order valence-corrected chi connectivity index (χ2v) is 5.36. The van der Waals surface area contributed by atoms with Crippen LogP contribution in [0.15, 0.2) is 0 Å². The molecule has 92 valence electrons. The first kappa shape index (κ1) is 11.7. The van der Waals surface area contributed by atoms with Gasteiger partial charge in [0.2, 0.25) is 0 Å². The summed E-state index contributed by atoms with van der Waals surface area (Å²) < 4.78 is 5.22. The number of fused-ring (bicyclic) bond motifs is 1. The second kappa shape index (κ2) is 4.62. The highest BCUT2D eigenvalue weighted by atomic mass is 16.6. The van der Waals surface area contributed by atoms with Crippen molar-refractivity contribution in [2.75, 3.05) is 13.1 Å². The van der Waals surface area contributed by atoms with Crippen molar-refractivity contribution in [2.24, 2.45) is 17.6 Å². The normalized spacial score (nSPS) is 34.0. The summed E-state index contributed by atoms with van der Waals surface area (Å²) in [4.78, 5) is 13.6. The molecule has 1 heterocycles. The molecule has 3 atom stereocenters. The van der Waals surface area contributed by atoms with Gasteiger partial charge in [0.15, 0.2) is 0 Å². The molecule has 4 nitrogen and oxygen atoms in total. The summed E-state index contributed by atoms with van der Waals surface area (Å²) in [5, 5.41) is 0. The van der Waals surface area contributed by atoms with Gasteiger partial charge in [-0.05, 0) is 38.5 Å². The summed E-state index contributed by atoms with van der Waals surface area (Å²) in [7, 11) is 0. The maximum atomic E-state index is 11.8. The molecular weight excluding hydrogens is 204 g/mol. The number of likely N-dealkylation sites (tertiary alicyclic amines) is 1. The minimum absolute atomic E-state index is 0.0381. The molecule has 0 aromatic rings. The van der Waals surface area contributed by atoms with E-state index in [1.54, 1.807) is 0 Å². The molecule has 0 aromatic carbocycles. The first-order valence-electron chi connectivity index (χ1n) is 6.29. The van der Waals surface area contributed by atoms with Crippen molar-refractivity contribution in [3.8, 4) is 0 Å². The van der Waals surface area contributed by atoms with E-state index < -0.39 is 0 Å². The third kappa shape index (κ3) is 2.32. The molecule has 0 radical (unpaired) electrons. The predicted octanol–water partition coefficient (Wildman–Crippen LogP) is 1.59. The fourth-order valence-electron chi connectivity index (χ4n) is 2.94. The first-order chi connectivity index (χ1) is 7.58. The SMILES string of the molecule is CC(C)OC(=O)N1CC2CCCC(N)C2C1. The molecular formula is C12H22N2O2. The van der Waals surface area contributed by atoms with Gasteiger partial charge in [0.1, 0.15) is 0 Å². The Balaban J connectivity index is 1.93. The minimum atomic E-state index is -0.170. The van der Waals surface area contributed by atoms with Crippen LogP contribution < -0.4 is 5.73 Å². The van der Waals surface area contributed by atoms with Crippen molar-refractivity contribution in [3.05, 3.63) is 0 Å². The van der Waals surface area contributed by atoms with Gasteiger partial charge < -0.3 is 15.4 Å². The largest absolute Gasteiger partial charge is 0.447 e. The topological polar surface area (TPSA) is 55.6 Å². The number of nitrogens with two attached hydrogens (primary N) is 1. The Labute approximate surface area is 97.1 Å². The van der Waals surface area contributed by atoms with Crippen molar-refractivity contribution >= 4 is 6.09 Å². The minimum Gasteiger partial charge on any atom is -0.447 e. The lowest BCUT2D eigenvalue weighted by Crippen LogP contribution is -2.38. The van der Waals surface area contributed by atoms with Gasteiger partial charge in [-0.2, -0.15) is 0 Å². The van der Waals surface area contributed by atoms with E-state index in [0.29, 0.717) is 11.8 Å². The Morgan fingerprint density at radius 3 is 2.75 bits per heavy atom. The standard InChI is InChI=1S/C12H22N2O2/c1-8(2)16-12(15)14-6-9-4-3-5-11(13)10(9)7-14/h8-11H,3-7,13H2,1-2H3. The highest BCUT2D eigenvalue weighted by Gasteiger charge is 2.40. The van der Waals surface area contributed by atoms with Crippen molar-refractivity contribution in [1.29, 1.82) is 0 Å². The van der Waals surface area contributed by atoms with E-state index in [0.717, 1.165) is 19.5 Å². The summed E-state index contributed by atoms with van der Waals surface area (Å²) in [6, 6.07) is 0.274. The lowest BCUT2D eigenvalue weighted by atomic mass is 9.78. The summed E-state index contributed by atoms with van der Waals surface area (Å²) in [6.45, 7) is 5.39. The van der Waals surface area contributed by atoms with Crippen LogP contribution in [0.2, 0.25) is 0 Å². The molecule has 4 heteroatoms. The Morgan fingerprint density at radius 1 is 1.38 bits per heavy atom. The van der Waals surface area contributed by atoms with E-state index in [9.17, 15) is 4.79 Å². The van der Waals surface area contributed by atoms with Gasteiger partial charge in [-0.3, -0.25) is 0 Å². The molecule has 0 bridgehead atoms. The quantitative estimate of drug-likeness (QED) is 0.738. The number of ether oxygens (including phenoxy) is 1. The molecule has 0 spiro atoms. The van der Waals surface area contributed by atoms with Crippen LogP contribution in [0.4, 0.5) is 4.79 Å². The molecule has 3 unspecified atom stereocenters. The highest BCUT2D eigenvalue weighted by molar-refractivity contribution is 5.68. The molecule has 2 aliphatic rings. The zero-order chi connectivity index (χ0) is 11.7. The van der Waals surface area contributed by atoms with Crippen LogP contribution in [0.1, 0.15) is 33.1 Å². The number of carbonyl (C=O) groups is 1. The van der Waals surface area contributed by atoms with Crippen LogP contribution in [0, 0.1) is 11.8 Å². The van der Waals surface area contributed by atoms with Crippen LogP contribution in [0.3, 0.4) is 0 Å². The summed E-state index contributed by atoms with van der Waals surface area (Å²) >= 11 is 0. The van der Waals surface area contributed by atoms with Crippen LogP contribution in [0.25, 0.3) is 0 Å². The molecule has 1 amide bonds. The van der Waals surface area contributed by atoms with Crippen LogP contribution in [0.5, 0.6) is 0 Å². The Kier molecular flexibility index (Phi) is 3.38. The summed E-state index contributed by atoms with van der Waals surface area (Å²) in [6.07, 6.45) is 3.31. The molecule has 1 saturated heterocycles. The lowest BCUT2D eigenvalue weighted by Gasteiger charge is -2.29. The van der Waals surface area contributed by atoms with Gasteiger partial charge in [0, 0.05) is 19.1 Å². The molecule has 0 aromatic heterocycles. The first-order valence-corrected chi connectivity index (χ1v) is 6.29. The van der Waals surface area contributed by atoms with Crippen LogP contribution in [-0.2, 0) is 4.74 Å². The van der Waals surface area contributed by atoms with Gasteiger partial charge in [0.25, 0.3) is 0 Å². The third-order valence-electron chi connectivity index (χ3n) is 3.75. The highest BCUT2D eigenvalue weighted by Crippen LogP contribution is 2.35. The third-order valence-corrected chi connectivity index (χ3v) is 3.75. The van der Waals surface area contributed by atoms with E-state index in [2.05, 4.69) is 0 Å². The zero-order valence-electron chi connectivity index (χ0n) is 10.2. The molecule has 1 aliphatic carbocycles. The van der Waals surface area contributed by atoms with E-state index in [4.69, 9.17) is 10.5 Å². The average molecular weight is 226 g/mol. The zero-order valence-corrected chi connectivity index (χ0v) is 10.2. The predicted molar refractivity (Wildman–Crippen MR) is 62.0 cm³/mol. The number of rotatable bonds is 1. The second-order valence-electron chi connectivity index (χ2n) is 5.36. The fraction of sp³-hybridized carbons (Fsp3) is 0.917. The van der Waals surface area contributed by atoms with Crippen molar-refractivity contribution in [1.82, 2.24) is 4.90 Å². The Hall–Kier alpha value is -0.770. The van der Waals surface area contributed by atoms with E-state index >= 15 is 0 Å². The number of amides is 1. The molecule has 2 fully saturated rings. The molecule has 2 N–H and O–H groups in total. The number of carbonyl (C=O) groups excluding carboxylic acids is 1. The van der Waals surface area contributed by atoms with Crippen molar-refractivity contribution in [3.63, 3.8) is 0 Å². The van der Waals surface area contributed by atoms with Gasteiger partial charge in [-0.25, -0.2) is 4.79 Å². The number of hydrogen-bond donors (Lipinski definition) is 1. The summed E-state index contributed by atoms with van der Waals surface area (Å²) in [5.74, 6) is 1.09. The summed E-state index contributed by atoms with van der Waals surface area (Å²) in [5.41, 5.74) is 6.10. The Bertz CT molecular complexity index is 268. The molecule has 1 saturated carbocycles. The molecule has 2 rings (SSSR count). The van der Waals surface area contributed by atoms with Crippen molar-refractivity contribution < 1.29 is 9.53 Å². The van der Waals surface area contributed by atoms with E-state index in [-0.39, 0.29) is 18.2 Å². The van der Waals surface area contributed by atoms with Gasteiger partial charge >= 0.3 is 6.09 Å².